The quantitative estimate of drug-likeness (QED) is 0.157. The molecule has 0 radical (unpaired) electrons. The van der Waals surface area contributed by atoms with Gasteiger partial charge in [0.15, 0.2) is 17.5 Å². The molecule has 0 aliphatic heterocycles. The predicted octanol–water partition coefficient (Wildman–Crippen LogP) is 12.3. The molecule has 5 nitrogen and oxygen atoms in total. The van der Waals surface area contributed by atoms with Crippen LogP contribution in [0.25, 0.3) is 89.9 Å². The highest BCUT2D eigenvalue weighted by Gasteiger charge is 2.16. The summed E-state index contributed by atoms with van der Waals surface area (Å²) < 4.78 is 0. The normalized spacial score (nSPS) is 11.0. The van der Waals surface area contributed by atoms with E-state index in [2.05, 4.69) is 158 Å². The van der Waals surface area contributed by atoms with E-state index in [1.165, 1.54) is 5.56 Å². The third-order valence-corrected chi connectivity index (χ3v) is 9.77. The number of hydrogen-bond donors (Lipinski definition) is 0. The maximum absolute atomic E-state index is 5.16. The summed E-state index contributed by atoms with van der Waals surface area (Å²) in [6.45, 7) is 2.10. The SMILES string of the molecule is Cc1ccc(-c2cc(-c3ccc(-c4cccnc4)nc3)cc(-c3nc(-c4ccc(-c5ccccc5)cc4)nc(-c4ccc(-c5ccccc5)cc4)n3)c2)cc1. The van der Waals surface area contributed by atoms with Crippen molar-refractivity contribution < 1.29 is 0 Å². The van der Waals surface area contributed by atoms with Crippen molar-refractivity contribution in [2.75, 3.05) is 0 Å². The third-order valence-electron chi connectivity index (χ3n) is 9.77. The number of hydrogen-bond acceptors (Lipinski definition) is 5. The Balaban J connectivity index is 1.18. The molecule has 0 bridgehead atoms. The summed E-state index contributed by atoms with van der Waals surface area (Å²) in [4.78, 5) is 24.5. The smallest absolute Gasteiger partial charge is 0.164 e. The predicted molar refractivity (Wildman–Crippen MR) is 224 cm³/mol. The first-order chi connectivity index (χ1) is 27.1. The van der Waals surface area contributed by atoms with E-state index >= 15 is 0 Å². The summed E-state index contributed by atoms with van der Waals surface area (Å²) in [6, 6.07) is 60.9. The second-order valence-electron chi connectivity index (χ2n) is 13.5. The molecule has 3 heterocycles. The fourth-order valence-corrected chi connectivity index (χ4v) is 6.73. The van der Waals surface area contributed by atoms with Crippen LogP contribution >= 0.6 is 0 Å². The van der Waals surface area contributed by atoms with Gasteiger partial charge in [0.1, 0.15) is 0 Å². The molecule has 0 aliphatic rings. The van der Waals surface area contributed by atoms with E-state index in [9.17, 15) is 0 Å². The number of rotatable bonds is 8. The highest BCUT2D eigenvalue weighted by molar-refractivity contribution is 5.81. The molecule has 3 aromatic heterocycles. The van der Waals surface area contributed by atoms with Crippen molar-refractivity contribution in [1.82, 2.24) is 24.9 Å². The molecule has 9 aromatic rings. The largest absolute Gasteiger partial charge is 0.264 e. The van der Waals surface area contributed by atoms with Crippen molar-refractivity contribution in [3.63, 3.8) is 0 Å². The topological polar surface area (TPSA) is 64.5 Å². The van der Waals surface area contributed by atoms with E-state index in [0.717, 1.165) is 72.5 Å². The van der Waals surface area contributed by atoms with Crippen molar-refractivity contribution >= 4 is 0 Å². The number of aromatic nitrogens is 5. The van der Waals surface area contributed by atoms with Crippen LogP contribution < -0.4 is 0 Å². The van der Waals surface area contributed by atoms with Crippen molar-refractivity contribution in [3.8, 4) is 89.9 Å². The zero-order valence-electron chi connectivity index (χ0n) is 30.2. The van der Waals surface area contributed by atoms with Gasteiger partial charge in [0.2, 0.25) is 0 Å². The van der Waals surface area contributed by atoms with Gasteiger partial charge in [0, 0.05) is 46.4 Å². The van der Waals surface area contributed by atoms with Gasteiger partial charge in [-0.1, -0.05) is 145 Å². The average Bonchev–Trinajstić information content (AvgIpc) is 3.27. The maximum atomic E-state index is 5.16. The van der Waals surface area contributed by atoms with Gasteiger partial charge >= 0.3 is 0 Å². The molecule has 9 rings (SSSR count). The second kappa shape index (κ2) is 14.9. The lowest BCUT2D eigenvalue weighted by Crippen LogP contribution is -2.01. The van der Waals surface area contributed by atoms with Gasteiger partial charge in [-0.25, -0.2) is 15.0 Å². The molecule has 6 aromatic carbocycles. The summed E-state index contributed by atoms with van der Waals surface area (Å²) in [7, 11) is 0. The van der Waals surface area contributed by atoms with Crippen molar-refractivity contribution in [1.29, 1.82) is 0 Å². The molecule has 0 atom stereocenters. The Morgan fingerprint density at radius 1 is 0.309 bits per heavy atom. The van der Waals surface area contributed by atoms with Crippen LogP contribution in [0.5, 0.6) is 0 Å². The van der Waals surface area contributed by atoms with Crippen molar-refractivity contribution in [3.05, 3.63) is 200 Å². The molecular weight excluding hydrogens is 671 g/mol. The number of benzene rings is 6. The van der Waals surface area contributed by atoms with Crippen molar-refractivity contribution in [2.45, 2.75) is 6.92 Å². The Labute approximate surface area is 320 Å². The maximum Gasteiger partial charge on any atom is 0.164 e. The molecule has 0 amide bonds. The molecular formula is C50H35N5. The monoisotopic (exact) mass is 705 g/mol. The molecule has 0 aliphatic carbocycles. The summed E-state index contributed by atoms with van der Waals surface area (Å²) in [5.41, 5.74) is 14.5. The fraction of sp³-hybridized carbons (Fsp3) is 0.0200. The van der Waals surface area contributed by atoms with Gasteiger partial charge in [-0.2, -0.15) is 0 Å². The Morgan fingerprint density at radius 3 is 1.24 bits per heavy atom. The molecule has 0 unspecified atom stereocenters. The molecule has 0 saturated heterocycles. The standard InChI is InChI=1S/C50H35N5/c1-34-14-16-39(17-15-34)44-29-45(42-26-27-47(52-33-42)43-13-8-28-51-32-43)31-46(30-44)50-54-48(40-22-18-37(19-23-40)35-9-4-2-5-10-35)53-49(55-50)41-24-20-38(21-25-41)36-11-6-3-7-12-36/h2-33H,1H3. The van der Waals surface area contributed by atoms with Crippen LogP contribution in [0, 0.1) is 6.92 Å². The minimum absolute atomic E-state index is 0.592. The third kappa shape index (κ3) is 7.32. The molecule has 0 fully saturated rings. The van der Waals surface area contributed by atoms with Crippen LogP contribution in [-0.2, 0) is 0 Å². The highest BCUT2D eigenvalue weighted by atomic mass is 15.0. The number of aryl methyl sites for hydroxylation is 1. The fourth-order valence-electron chi connectivity index (χ4n) is 6.73. The van der Waals surface area contributed by atoms with Crippen LogP contribution in [0.2, 0.25) is 0 Å². The first-order valence-corrected chi connectivity index (χ1v) is 18.3. The lowest BCUT2D eigenvalue weighted by atomic mass is 9.95. The van der Waals surface area contributed by atoms with E-state index in [1.54, 1.807) is 6.20 Å². The molecule has 260 valence electrons. The zero-order valence-corrected chi connectivity index (χ0v) is 30.2. The van der Waals surface area contributed by atoms with Gasteiger partial charge < -0.3 is 0 Å². The van der Waals surface area contributed by atoms with Crippen molar-refractivity contribution in [2.24, 2.45) is 0 Å². The Kier molecular flexibility index (Phi) is 9.09. The van der Waals surface area contributed by atoms with Crippen LogP contribution in [0.1, 0.15) is 5.56 Å². The first kappa shape index (κ1) is 33.5. The second-order valence-corrected chi connectivity index (χ2v) is 13.5. The number of nitrogens with zero attached hydrogens (tertiary/aromatic N) is 5. The van der Waals surface area contributed by atoms with Gasteiger partial charge in [0.25, 0.3) is 0 Å². The summed E-state index contributed by atoms with van der Waals surface area (Å²) in [5, 5.41) is 0. The Bertz CT molecular complexity index is 2590. The van der Waals surface area contributed by atoms with Crippen LogP contribution in [0.3, 0.4) is 0 Å². The van der Waals surface area contributed by atoms with Crippen LogP contribution in [0.4, 0.5) is 0 Å². The van der Waals surface area contributed by atoms with Gasteiger partial charge in [0.05, 0.1) is 5.69 Å². The highest BCUT2D eigenvalue weighted by Crippen LogP contribution is 2.34. The van der Waals surface area contributed by atoms with Crippen LogP contribution in [-0.4, -0.2) is 24.9 Å². The summed E-state index contributed by atoms with van der Waals surface area (Å²) in [5.74, 6) is 1.81. The molecule has 0 saturated carbocycles. The van der Waals surface area contributed by atoms with Gasteiger partial charge in [-0.15, -0.1) is 0 Å². The minimum Gasteiger partial charge on any atom is -0.264 e. The van der Waals surface area contributed by atoms with E-state index in [4.69, 9.17) is 19.9 Å². The Morgan fingerprint density at radius 2 is 0.727 bits per heavy atom. The lowest BCUT2D eigenvalue weighted by Gasteiger charge is -2.13. The van der Waals surface area contributed by atoms with Gasteiger partial charge in [-0.3, -0.25) is 9.97 Å². The Hall–Kier alpha value is -7.37. The zero-order chi connectivity index (χ0) is 37.0. The lowest BCUT2D eigenvalue weighted by molar-refractivity contribution is 1.07. The summed E-state index contributed by atoms with van der Waals surface area (Å²) >= 11 is 0. The number of pyridine rings is 2. The van der Waals surface area contributed by atoms with Gasteiger partial charge in [-0.05, 0) is 82.3 Å². The molecule has 0 spiro atoms. The first-order valence-electron chi connectivity index (χ1n) is 18.3. The van der Waals surface area contributed by atoms with E-state index in [0.29, 0.717) is 17.5 Å². The van der Waals surface area contributed by atoms with E-state index in [-0.39, 0.29) is 0 Å². The van der Waals surface area contributed by atoms with E-state index in [1.807, 2.05) is 42.7 Å². The average molecular weight is 706 g/mol. The molecule has 0 N–H and O–H groups in total. The summed E-state index contributed by atoms with van der Waals surface area (Å²) in [6.07, 6.45) is 5.53. The van der Waals surface area contributed by atoms with Crippen LogP contribution in [0.15, 0.2) is 195 Å². The molecule has 55 heavy (non-hydrogen) atoms. The van der Waals surface area contributed by atoms with E-state index < -0.39 is 0 Å². The molecule has 5 heteroatoms. The minimum atomic E-state index is 0.592.